The Balaban J connectivity index is 2.31. The zero-order valence-corrected chi connectivity index (χ0v) is 12.7. The molecule has 106 valence electrons. The number of carbonyl (C=O) groups excluding carboxylic acids is 1. The summed E-state index contributed by atoms with van der Waals surface area (Å²) in [7, 11) is 0. The van der Waals surface area contributed by atoms with Gasteiger partial charge in [0.05, 0.1) is 6.04 Å². The van der Waals surface area contributed by atoms with Crippen molar-refractivity contribution < 1.29 is 4.79 Å². The molecule has 0 aliphatic heterocycles. The lowest BCUT2D eigenvalue weighted by atomic mass is 9.87. The van der Waals surface area contributed by atoms with E-state index in [9.17, 15) is 4.79 Å². The van der Waals surface area contributed by atoms with Crippen molar-refractivity contribution in [3.8, 4) is 0 Å². The minimum atomic E-state index is -0.0838. The third-order valence-corrected chi connectivity index (χ3v) is 4.12. The lowest BCUT2D eigenvalue weighted by molar-refractivity contribution is -0.123. The Hall–Kier alpha value is -0.570. The number of rotatable bonds is 6. The summed E-state index contributed by atoms with van der Waals surface area (Å²) in [5.41, 5.74) is 0.326. The number of nitrogens with one attached hydrogen (secondary N) is 2. The van der Waals surface area contributed by atoms with E-state index in [1.807, 2.05) is 6.92 Å². The Bertz CT molecular complexity index is 274. The zero-order chi connectivity index (χ0) is 13.8. The summed E-state index contributed by atoms with van der Waals surface area (Å²) in [5.74, 6) is 0.778. The molecule has 0 radical (unpaired) electrons. The van der Waals surface area contributed by atoms with E-state index >= 15 is 0 Å². The molecule has 2 unspecified atom stereocenters. The SMILES string of the molecule is CC(C)CCNC(=O)C(C)NC1CCCC1(C)C. The van der Waals surface area contributed by atoms with Crippen LogP contribution in [0.2, 0.25) is 0 Å². The smallest absolute Gasteiger partial charge is 0.236 e. The van der Waals surface area contributed by atoms with Crippen LogP contribution in [-0.4, -0.2) is 24.5 Å². The summed E-state index contributed by atoms with van der Waals surface area (Å²) in [4.78, 5) is 11.9. The first-order valence-corrected chi connectivity index (χ1v) is 7.36. The van der Waals surface area contributed by atoms with Crippen molar-refractivity contribution in [1.29, 1.82) is 0 Å². The first-order chi connectivity index (χ1) is 8.33. The Morgan fingerprint density at radius 3 is 2.50 bits per heavy atom. The first kappa shape index (κ1) is 15.5. The topological polar surface area (TPSA) is 41.1 Å². The molecule has 3 nitrogen and oxygen atoms in total. The van der Waals surface area contributed by atoms with Crippen LogP contribution in [0.15, 0.2) is 0 Å². The third kappa shape index (κ3) is 4.60. The second-order valence-corrected chi connectivity index (χ2v) is 6.80. The first-order valence-electron chi connectivity index (χ1n) is 7.36. The van der Waals surface area contributed by atoms with Crippen LogP contribution in [0.4, 0.5) is 0 Å². The van der Waals surface area contributed by atoms with Crippen LogP contribution < -0.4 is 10.6 Å². The van der Waals surface area contributed by atoms with E-state index in [0.29, 0.717) is 17.4 Å². The maximum absolute atomic E-state index is 11.9. The number of hydrogen-bond acceptors (Lipinski definition) is 2. The number of carbonyl (C=O) groups is 1. The summed E-state index contributed by atoms with van der Waals surface area (Å²) in [6.07, 6.45) is 4.77. The van der Waals surface area contributed by atoms with E-state index in [1.165, 1.54) is 19.3 Å². The summed E-state index contributed by atoms with van der Waals surface area (Å²) in [6.45, 7) is 11.7. The highest BCUT2D eigenvalue weighted by Gasteiger charge is 2.35. The Kier molecular flexibility index (Phi) is 5.64. The molecule has 18 heavy (non-hydrogen) atoms. The molecule has 0 aromatic carbocycles. The van der Waals surface area contributed by atoms with Crippen molar-refractivity contribution >= 4 is 5.91 Å². The average molecular weight is 254 g/mol. The van der Waals surface area contributed by atoms with Crippen LogP contribution in [-0.2, 0) is 4.79 Å². The predicted octanol–water partition coefficient (Wildman–Crippen LogP) is 2.71. The second kappa shape index (κ2) is 6.55. The molecule has 0 spiro atoms. The Labute approximate surface area is 112 Å². The molecule has 1 amide bonds. The summed E-state index contributed by atoms with van der Waals surface area (Å²) in [5, 5.41) is 6.51. The molecular formula is C15H30N2O. The van der Waals surface area contributed by atoms with E-state index in [-0.39, 0.29) is 11.9 Å². The predicted molar refractivity (Wildman–Crippen MR) is 76.5 cm³/mol. The van der Waals surface area contributed by atoms with E-state index in [0.717, 1.165) is 13.0 Å². The second-order valence-electron chi connectivity index (χ2n) is 6.80. The van der Waals surface area contributed by atoms with Gasteiger partial charge in [0, 0.05) is 12.6 Å². The Morgan fingerprint density at radius 1 is 1.33 bits per heavy atom. The molecule has 2 N–H and O–H groups in total. The zero-order valence-electron chi connectivity index (χ0n) is 12.7. The van der Waals surface area contributed by atoms with Gasteiger partial charge in [-0.25, -0.2) is 0 Å². The lowest BCUT2D eigenvalue weighted by Gasteiger charge is -2.30. The molecule has 0 bridgehead atoms. The van der Waals surface area contributed by atoms with Gasteiger partial charge < -0.3 is 10.6 Å². The van der Waals surface area contributed by atoms with E-state index in [1.54, 1.807) is 0 Å². The molecule has 1 fully saturated rings. The highest BCUT2D eigenvalue weighted by Crippen LogP contribution is 2.37. The van der Waals surface area contributed by atoms with E-state index < -0.39 is 0 Å². The van der Waals surface area contributed by atoms with Crippen molar-refractivity contribution in [2.75, 3.05) is 6.54 Å². The van der Waals surface area contributed by atoms with Crippen LogP contribution in [0.5, 0.6) is 0 Å². The summed E-state index contributed by atoms with van der Waals surface area (Å²) >= 11 is 0. The molecule has 1 aliphatic carbocycles. The van der Waals surface area contributed by atoms with Crippen LogP contribution in [0.25, 0.3) is 0 Å². The molecule has 1 rings (SSSR count). The molecule has 0 heterocycles. The van der Waals surface area contributed by atoms with Gasteiger partial charge in [0.25, 0.3) is 0 Å². The van der Waals surface area contributed by atoms with Crippen molar-refractivity contribution in [1.82, 2.24) is 10.6 Å². The molecule has 1 aliphatic rings. The number of hydrogen-bond donors (Lipinski definition) is 2. The van der Waals surface area contributed by atoms with Gasteiger partial charge in [-0.1, -0.05) is 34.1 Å². The maximum atomic E-state index is 11.9. The van der Waals surface area contributed by atoms with Gasteiger partial charge in [-0.2, -0.15) is 0 Å². The summed E-state index contributed by atoms with van der Waals surface area (Å²) in [6, 6.07) is 0.392. The van der Waals surface area contributed by atoms with Gasteiger partial charge >= 0.3 is 0 Å². The molecular weight excluding hydrogens is 224 g/mol. The third-order valence-electron chi connectivity index (χ3n) is 4.12. The fraction of sp³-hybridized carbons (Fsp3) is 0.933. The highest BCUT2D eigenvalue weighted by atomic mass is 16.2. The van der Waals surface area contributed by atoms with E-state index in [4.69, 9.17) is 0 Å². The quantitative estimate of drug-likeness (QED) is 0.765. The van der Waals surface area contributed by atoms with Crippen molar-refractivity contribution in [3.05, 3.63) is 0 Å². The minimum absolute atomic E-state index is 0.0838. The lowest BCUT2D eigenvalue weighted by Crippen LogP contribution is -2.49. The average Bonchev–Trinajstić information content (AvgIpc) is 2.57. The van der Waals surface area contributed by atoms with Gasteiger partial charge in [0.15, 0.2) is 0 Å². The molecule has 0 aromatic rings. The van der Waals surface area contributed by atoms with Crippen molar-refractivity contribution in [2.24, 2.45) is 11.3 Å². The van der Waals surface area contributed by atoms with Crippen LogP contribution in [0.3, 0.4) is 0 Å². The Morgan fingerprint density at radius 2 is 2.00 bits per heavy atom. The van der Waals surface area contributed by atoms with Gasteiger partial charge in [0.2, 0.25) is 5.91 Å². The molecule has 1 saturated carbocycles. The largest absolute Gasteiger partial charge is 0.355 e. The number of amides is 1. The maximum Gasteiger partial charge on any atom is 0.236 e. The van der Waals surface area contributed by atoms with Crippen molar-refractivity contribution in [2.45, 2.75) is 72.4 Å². The minimum Gasteiger partial charge on any atom is -0.355 e. The van der Waals surface area contributed by atoms with Gasteiger partial charge in [-0.05, 0) is 37.5 Å². The molecule has 0 aromatic heterocycles. The van der Waals surface area contributed by atoms with Crippen LogP contribution in [0, 0.1) is 11.3 Å². The fourth-order valence-corrected chi connectivity index (χ4v) is 2.65. The van der Waals surface area contributed by atoms with Crippen molar-refractivity contribution in [3.63, 3.8) is 0 Å². The van der Waals surface area contributed by atoms with Gasteiger partial charge in [-0.15, -0.1) is 0 Å². The highest BCUT2D eigenvalue weighted by molar-refractivity contribution is 5.81. The molecule has 2 atom stereocenters. The van der Waals surface area contributed by atoms with Crippen LogP contribution >= 0.6 is 0 Å². The standard InChI is InChI=1S/C15H30N2O/c1-11(2)8-10-16-14(18)12(3)17-13-7-6-9-15(13,4)5/h11-13,17H,6-10H2,1-5H3,(H,16,18). The molecule has 0 saturated heterocycles. The monoisotopic (exact) mass is 254 g/mol. The van der Waals surface area contributed by atoms with Gasteiger partial charge in [0.1, 0.15) is 0 Å². The molecule has 3 heteroatoms. The normalized spacial score (nSPS) is 24.2. The van der Waals surface area contributed by atoms with Crippen LogP contribution in [0.1, 0.15) is 60.3 Å². The van der Waals surface area contributed by atoms with E-state index in [2.05, 4.69) is 38.3 Å². The van der Waals surface area contributed by atoms with Gasteiger partial charge in [-0.3, -0.25) is 4.79 Å². The fourth-order valence-electron chi connectivity index (χ4n) is 2.65. The summed E-state index contributed by atoms with van der Waals surface area (Å²) < 4.78 is 0.